The second kappa shape index (κ2) is 15.5. The number of hydrogen-bond acceptors (Lipinski definition) is 9. The van der Waals surface area contributed by atoms with E-state index in [0.717, 1.165) is 0 Å². The van der Waals surface area contributed by atoms with E-state index in [1.807, 2.05) is 0 Å². The minimum absolute atomic E-state index is 0.0685. The molecule has 0 bridgehead atoms. The highest BCUT2D eigenvalue weighted by Crippen LogP contribution is 2.05. The zero-order chi connectivity index (χ0) is 26.4. The molecule has 0 heterocycles. The number of carboxylic acid groups (broad SMARTS) is 2. The van der Waals surface area contributed by atoms with E-state index in [9.17, 15) is 39.0 Å². The first-order chi connectivity index (χ1) is 15.8. The Morgan fingerprint density at radius 3 is 1.82 bits per heavy atom. The fraction of sp³-hybridized carbons (Fsp3) is 0.684. The number of rotatable bonds is 17. The lowest BCUT2D eigenvalue weighted by Crippen LogP contribution is -2.58. The van der Waals surface area contributed by atoms with Crippen molar-refractivity contribution in [1.29, 1.82) is 0 Å². The lowest BCUT2D eigenvalue weighted by molar-refractivity contribution is -0.144. The molecule has 194 valence electrons. The van der Waals surface area contributed by atoms with Crippen molar-refractivity contribution in [3.05, 3.63) is 0 Å². The Kier molecular flexibility index (Phi) is 14.0. The summed E-state index contributed by atoms with van der Waals surface area (Å²) in [5.41, 5.74) is 16.0. The van der Waals surface area contributed by atoms with Gasteiger partial charge in [0.15, 0.2) is 0 Å². The maximum atomic E-state index is 12.8. The molecule has 0 radical (unpaired) electrons. The van der Waals surface area contributed by atoms with Crippen molar-refractivity contribution in [2.45, 2.75) is 75.7 Å². The van der Waals surface area contributed by atoms with Crippen molar-refractivity contribution in [3.63, 3.8) is 0 Å². The van der Waals surface area contributed by atoms with Gasteiger partial charge in [0, 0.05) is 6.42 Å². The Morgan fingerprint density at radius 1 is 0.824 bits per heavy atom. The molecule has 0 rings (SSSR count). The van der Waals surface area contributed by atoms with Crippen LogP contribution >= 0.6 is 0 Å². The van der Waals surface area contributed by atoms with Crippen molar-refractivity contribution >= 4 is 35.6 Å². The van der Waals surface area contributed by atoms with Crippen LogP contribution in [0.1, 0.15) is 45.4 Å². The molecule has 0 aromatic rings. The summed E-state index contributed by atoms with van der Waals surface area (Å²) in [4.78, 5) is 71.0. The average molecular weight is 491 g/mol. The van der Waals surface area contributed by atoms with Crippen LogP contribution in [0, 0.1) is 0 Å². The third-order valence-electron chi connectivity index (χ3n) is 4.71. The Hall–Kier alpha value is -3.30. The number of aliphatic carboxylic acids is 2. The lowest BCUT2D eigenvalue weighted by Gasteiger charge is -2.25. The molecule has 0 saturated carbocycles. The maximum absolute atomic E-state index is 12.8. The summed E-state index contributed by atoms with van der Waals surface area (Å²) in [6.07, 6.45) is -1.85. The molecule has 0 aliphatic heterocycles. The van der Waals surface area contributed by atoms with Gasteiger partial charge in [0.2, 0.25) is 23.6 Å². The molecular formula is C19H34N6O9. The summed E-state index contributed by atoms with van der Waals surface area (Å²) >= 11 is 0. The smallest absolute Gasteiger partial charge is 0.326 e. The number of carbonyl (C=O) groups is 6. The third kappa shape index (κ3) is 12.1. The first-order valence-corrected chi connectivity index (χ1v) is 10.6. The first-order valence-electron chi connectivity index (χ1n) is 10.6. The standard InChI is InChI=1S/C19H34N6O9/c1-9(26)15(22)18(32)23-10(4-2-3-7-20)16(30)25-12(8-14(28)29)17(31)24-11(19(33)34)5-6-13(21)27/h9-12,15,26H,2-8,20,22H2,1H3,(H2,21,27)(H,23,32)(H,24,31)(H,25,30)(H,28,29)(H,33,34). The quantitative estimate of drug-likeness (QED) is 0.0888. The summed E-state index contributed by atoms with van der Waals surface area (Å²) < 4.78 is 0. The highest BCUT2D eigenvalue weighted by Gasteiger charge is 2.32. The minimum Gasteiger partial charge on any atom is -0.481 e. The summed E-state index contributed by atoms with van der Waals surface area (Å²) in [7, 11) is 0. The number of carboxylic acids is 2. The second-order valence-corrected chi connectivity index (χ2v) is 7.68. The van der Waals surface area contributed by atoms with Crippen LogP contribution < -0.4 is 33.2 Å². The van der Waals surface area contributed by atoms with E-state index in [1.165, 1.54) is 6.92 Å². The first kappa shape index (κ1) is 30.7. The summed E-state index contributed by atoms with van der Waals surface area (Å²) in [5.74, 6) is -6.66. The van der Waals surface area contributed by atoms with Gasteiger partial charge in [-0.05, 0) is 39.2 Å². The van der Waals surface area contributed by atoms with Crippen LogP contribution in [-0.2, 0) is 28.8 Å². The maximum Gasteiger partial charge on any atom is 0.326 e. The van der Waals surface area contributed by atoms with Gasteiger partial charge >= 0.3 is 11.9 Å². The molecule has 0 aliphatic rings. The van der Waals surface area contributed by atoms with Crippen LogP contribution in [0.3, 0.4) is 0 Å². The van der Waals surface area contributed by atoms with Crippen LogP contribution in [0.25, 0.3) is 0 Å². The van der Waals surface area contributed by atoms with Gasteiger partial charge in [-0.15, -0.1) is 0 Å². The van der Waals surface area contributed by atoms with E-state index < -0.39 is 72.3 Å². The lowest BCUT2D eigenvalue weighted by atomic mass is 10.1. The number of aliphatic hydroxyl groups is 1. The highest BCUT2D eigenvalue weighted by atomic mass is 16.4. The molecular weight excluding hydrogens is 456 g/mol. The van der Waals surface area contributed by atoms with E-state index in [0.29, 0.717) is 19.4 Å². The zero-order valence-electron chi connectivity index (χ0n) is 18.9. The van der Waals surface area contributed by atoms with Crippen LogP contribution in [0.4, 0.5) is 0 Å². The number of hydrogen-bond donors (Lipinski definition) is 9. The average Bonchev–Trinajstić information content (AvgIpc) is 2.73. The molecule has 0 spiro atoms. The number of primary amides is 1. The molecule has 4 amide bonds. The van der Waals surface area contributed by atoms with Gasteiger partial charge in [0.1, 0.15) is 24.2 Å². The molecule has 0 fully saturated rings. The molecule has 15 heteroatoms. The number of nitrogens with two attached hydrogens (primary N) is 3. The highest BCUT2D eigenvalue weighted by molar-refractivity contribution is 5.95. The van der Waals surface area contributed by atoms with Crippen molar-refractivity contribution in [1.82, 2.24) is 16.0 Å². The van der Waals surface area contributed by atoms with Crippen molar-refractivity contribution in [2.75, 3.05) is 6.54 Å². The number of aliphatic hydroxyl groups excluding tert-OH is 1. The largest absolute Gasteiger partial charge is 0.481 e. The van der Waals surface area contributed by atoms with Crippen LogP contribution in [0.5, 0.6) is 0 Å². The Labute approximate surface area is 195 Å². The summed E-state index contributed by atoms with van der Waals surface area (Å²) in [6.45, 7) is 1.58. The van der Waals surface area contributed by atoms with Crippen LogP contribution in [0.15, 0.2) is 0 Å². The number of carbonyl (C=O) groups excluding carboxylic acids is 4. The Morgan fingerprint density at radius 2 is 1.35 bits per heavy atom. The van der Waals surface area contributed by atoms with Crippen molar-refractivity contribution < 1.29 is 44.1 Å². The van der Waals surface area contributed by atoms with Crippen LogP contribution in [-0.4, -0.2) is 87.7 Å². The number of amides is 4. The van der Waals surface area contributed by atoms with Gasteiger partial charge in [-0.3, -0.25) is 24.0 Å². The van der Waals surface area contributed by atoms with E-state index in [2.05, 4.69) is 16.0 Å². The topological polar surface area (TPSA) is 277 Å². The molecule has 15 nitrogen and oxygen atoms in total. The van der Waals surface area contributed by atoms with E-state index in [-0.39, 0.29) is 19.3 Å². The zero-order valence-corrected chi connectivity index (χ0v) is 18.9. The SMILES string of the molecule is CC(O)C(N)C(=O)NC(CCCCN)C(=O)NC(CC(=O)O)C(=O)NC(CCC(N)=O)C(=O)O. The van der Waals surface area contributed by atoms with Gasteiger partial charge < -0.3 is 48.5 Å². The van der Waals surface area contributed by atoms with Crippen molar-refractivity contribution in [3.8, 4) is 0 Å². The Balaban J connectivity index is 5.53. The third-order valence-corrected chi connectivity index (χ3v) is 4.71. The van der Waals surface area contributed by atoms with E-state index in [4.69, 9.17) is 22.3 Å². The normalized spacial score (nSPS) is 15.2. The predicted molar refractivity (Wildman–Crippen MR) is 117 cm³/mol. The molecule has 5 unspecified atom stereocenters. The molecule has 0 aromatic heterocycles. The molecule has 0 aromatic carbocycles. The van der Waals surface area contributed by atoms with Crippen LogP contribution in [0.2, 0.25) is 0 Å². The second-order valence-electron chi connectivity index (χ2n) is 7.68. The number of nitrogens with one attached hydrogen (secondary N) is 3. The molecule has 34 heavy (non-hydrogen) atoms. The monoisotopic (exact) mass is 490 g/mol. The minimum atomic E-state index is -1.69. The predicted octanol–water partition coefficient (Wildman–Crippen LogP) is -3.90. The fourth-order valence-electron chi connectivity index (χ4n) is 2.72. The van der Waals surface area contributed by atoms with Gasteiger partial charge in [-0.25, -0.2) is 4.79 Å². The fourth-order valence-corrected chi connectivity index (χ4v) is 2.72. The molecule has 12 N–H and O–H groups in total. The van der Waals surface area contributed by atoms with Gasteiger partial charge in [-0.1, -0.05) is 0 Å². The Bertz CT molecular complexity index is 746. The summed E-state index contributed by atoms with van der Waals surface area (Å²) in [5, 5.41) is 34.4. The molecule has 5 atom stereocenters. The van der Waals surface area contributed by atoms with Gasteiger partial charge in [-0.2, -0.15) is 0 Å². The van der Waals surface area contributed by atoms with Gasteiger partial charge in [0.05, 0.1) is 12.5 Å². The molecule has 0 saturated heterocycles. The van der Waals surface area contributed by atoms with E-state index >= 15 is 0 Å². The summed E-state index contributed by atoms with van der Waals surface area (Å²) in [6, 6.07) is -5.83. The number of unbranched alkanes of at least 4 members (excludes halogenated alkanes) is 1. The van der Waals surface area contributed by atoms with Gasteiger partial charge in [0.25, 0.3) is 0 Å². The molecule has 0 aliphatic carbocycles. The van der Waals surface area contributed by atoms with Crippen molar-refractivity contribution in [2.24, 2.45) is 17.2 Å². The van der Waals surface area contributed by atoms with E-state index in [1.54, 1.807) is 0 Å².